The summed E-state index contributed by atoms with van der Waals surface area (Å²) in [5, 5.41) is 0. The van der Waals surface area contributed by atoms with Crippen LogP contribution in [0.5, 0.6) is 0 Å². The van der Waals surface area contributed by atoms with E-state index in [9.17, 15) is 4.79 Å². The van der Waals surface area contributed by atoms with Crippen molar-refractivity contribution in [1.29, 1.82) is 0 Å². The molecule has 3 rings (SSSR count). The molecule has 13 heavy (non-hydrogen) atoms. The molecule has 4 heteroatoms. The number of nitrogens with zero attached hydrogens (tertiary/aromatic N) is 1. The average molecular weight is 199 g/mol. The number of H-pyrrole nitrogens is 1. The fourth-order valence-electron chi connectivity index (χ4n) is 1.75. The van der Waals surface area contributed by atoms with Crippen LogP contribution in [0, 0.1) is 0 Å². The molecule has 0 spiro atoms. The van der Waals surface area contributed by atoms with Gasteiger partial charge in [0.25, 0.3) is 0 Å². The van der Waals surface area contributed by atoms with Crippen LogP contribution >= 0.6 is 12.4 Å². The van der Waals surface area contributed by atoms with Gasteiger partial charge in [0, 0.05) is 18.0 Å². The lowest BCUT2D eigenvalue weighted by molar-refractivity contribution is 0.0990. The highest BCUT2D eigenvalue weighted by molar-refractivity contribution is 5.98. The first kappa shape index (κ1) is 8.75. The number of aromatic amines is 1. The van der Waals surface area contributed by atoms with E-state index >= 15 is 0 Å². The van der Waals surface area contributed by atoms with Gasteiger partial charge in [-0.3, -0.25) is 4.79 Å². The zero-order chi connectivity index (χ0) is 8.13. The maximum absolute atomic E-state index is 11.2. The second-order valence-electron chi connectivity index (χ2n) is 3.65. The van der Waals surface area contributed by atoms with E-state index in [0.29, 0.717) is 12.3 Å². The van der Waals surface area contributed by atoms with Gasteiger partial charge in [-0.15, -0.1) is 12.4 Å². The number of carbonyl (C=O) groups excluding carboxylic acids is 1. The van der Waals surface area contributed by atoms with Crippen molar-refractivity contribution >= 4 is 18.2 Å². The molecule has 0 aliphatic heterocycles. The van der Waals surface area contributed by atoms with Crippen LogP contribution in [0.15, 0.2) is 0 Å². The third kappa shape index (κ3) is 1.27. The number of aryl methyl sites for hydroxylation is 1. The van der Waals surface area contributed by atoms with Crippen molar-refractivity contribution in [2.75, 3.05) is 0 Å². The second kappa shape index (κ2) is 2.84. The Morgan fingerprint density at radius 2 is 2.08 bits per heavy atom. The molecule has 0 amide bonds. The Bertz CT molecular complexity index is 354. The lowest BCUT2D eigenvalue weighted by atomic mass is 10.3. The predicted octanol–water partition coefficient (Wildman–Crippen LogP) is 1.84. The van der Waals surface area contributed by atoms with Crippen molar-refractivity contribution in [1.82, 2.24) is 9.97 Å². The SMILES string of the molecule is Cl.O=C1CCc2[nH]c(C3CC3)nc21. The van der Waals surface area contributed by atoms with Gasteiger partial charge in [0.15, 0.2) is 5.78 Å². The number of carbonyl (C=O) groups is 1. The van der Waals surface area contributed by atoms with Crippen molar-refractivity contribution in [2.24, 2.45) is 0 Å². The maximum Gasteiger partial charge on any atom is 0.183 e. The molecule has 1 saturated carbocycles. The Balaban J connectivity index is 0.000000653. The van der Waals surface area contributed by atoms with E-state index in [4.69, 9.17) is 0 Å². The van der Waals surface area contributed by atoms with Gasteiger partial charge >= 0.3 is 0 Å². The highest BCUT2D eigenvalue weighted by Crippen LogP contribution is 2.39. The number of imidazole rings is 1. The molecule has 1 aromatic heterocycles. The van der Waals surface area contributed by atoms with Crippen LogP contribution in [0.1, 0.15) is 47.2 Å². The summed E-state index contributed by atoms with van der Waals surface area (Å²) in [6, 6.07) is 0. The highest BCUT2D eigenvalue weighted by Gasteiger charge is 2.31. The molecule has 0 saturated heterocycles. The van der Waals surface area contributed by atoms with Gasteiger partial charge in [0.05, 0.1) is 0 Å². The Hall–Kier alpha value is -0.830. The van der Waals surface area contributed by atoms with E-state index in [1.165, 1.54) is 12.8 Å². The third-order valence-corrected chi connectivity index (χ3v) is 2.63. The van der Waals surface area contributed by atoms with E-state index in [-0.39, 0.29) is 18.2 Å². The summed E-state index contributed by atoms with van der Waals surface area (Å²) in [5.74, 6) is 1.89. The van der Waals surface area contributed by atoms with E-state index < -0.39 is 0 Å². The molecule has 70 valence electrons. The van der Waals surface area contributed by atoms with E-state index in [1.807, 2.05) is 0 Å². The van der Waals surface area contributed by atoms with Gasteiger partial charge < -0.3 is 4.98 Å². The standard InChI is InChI=1S/C9H10N2O.ClH/c12-7-4-3-6-8(7)11-9(10-6)5-1-2-5;/h5H,1-4H2,(H,10,11);1H. The first-order valence-corrected chi connectivity index (χ1v) is 4.46. The van der Waals surface area contributed by atoms with Crippen LogP contribution in [-0.2, 0) is 6.42 Å². The van der Waals surface area contributed by atoms with Crippen molar-refractivity contribution in [3.63, 3.8) is 0 Å². The number of hydrogen-bond acceptors (Lipinski definition) is 2. The average Bonchev–Trinajstić information content (AvgIpc) is 2.73. The van der Waals surface area contributed by atoms with Crippen LogP contribution in [0.3, 0.4) is 0 Å². The van der Waals surface area contributed by atoms with Crippen LogP contribution in [-0.4, -0.2) is 15.8 Å². The summed E-state index contributed by atoms with van der Waals surface area (Å²) in [7, 11) is 0. The Morgan fingerprint density at radius 3 is 2.69 bits per heavy atom. The molecule has 0 unspecified atom stereocenters. The fraction of sp³-hybridized carbons (Fsp3) is 0.556. The summed E-state index contributed by atoms with van der Waals surface area (Å²) < 4.78 is 0. The van der Waals surface area contributed by atoms with Crippen molar-refractivity contribution in [2.45, 2.75) is 31.6 Å². The number of fused-ring (bicyclic) bond motifs is 1. The molecule has 1 N–H and O–H groups in total. The van der Waals surface area contributed by atoms with Gasteiger partial charge in [0.2, 0.25) is 0 Å². The number of nitrogens with one attached hydrogen (secondary N) is 1. The molecule has 0 bridgehead atoms. The number of Topliss-reactive ketones (excluding diaryl/α,β-unsaturated/α-hetero) is 1. The fourth-order valence-corrected chi connectivity index (χ4v) is 1.75. The van der Waals surface area contributed by atoms with Crippen molar-refractivity contribution in [3.05, 3.63) is 17.2 Å². The van der Waals surface area contributed by atoms with Gasteiger partial charge in [-0.1, -0.05) is 0 Å². The van der Waals surface area contributed by atoms with E-state index in [1.54, 1.807) is 0 Å². The van der Waals surface area contributed by atoms with E-state index in [0.717, 1.165) is 23.6 Å². The molecule has 1 aromatic rings. The number of aromatic nitrogens is 2. The van der Waals surface area contributed by atoms with Gasteiger partial charge in [0.1, 0.15) is 11.5 Å². The third-order valence-electron chi connectivity index (χ3n) is 2.63. The van der Waals surface area contributed by atoms with Gasteiger partial charge in [-0.05, 0) is 19.3 Å². The number of halogens is 1. The summed E-state index contributed by atoms with van der Waals surface area (Å²) in [5.41, 5.74) is 1.79. The highest BCUT2D eigenvalue weighted by atomic mass is 35.5. The molecule has 2 aliphatic rings. The maximum atomic E-state index is 11.2. The van der Waals surface area contributed by atoms with E-state index in [2.05, 4.69) is 9.97 Å². The Labute approximate surface area is 82.4 Å². The first-order valence-electron chi connectivity index (χ1n) is 4.46. The zero-order valence-electron chi connectivity index (χ0n) is 7.17. The van der Waals surface area contributed by atoms with Crippen molar-refractivity contribution < 1.29 is 4.79 Å². The largest absolute Gasteiger partial charge is 0.345 e. The minimum Gasteiger partial charge on any atom is -0.345 e. The quantitative estimate of drug-likeness (QED) is 0.749. The lowest BCUT2D eigenvalue weighted by Crippen LogP contribution is -1.93. The molecule has 1 heterocycles. The first-order chi connectivity index (χ1) is 5.84. The predicted molar refractivity (Wildman–Crippen MR) is 50.5 cm³/mol. The number of rotatable bonds is 1. The molecule has 0 radical (unpaired) electrons. The minimum atomic E-state index is 0. The van der Waals surface area contributed by atoms with Crippen LogP contribution in [0.2, 0.25) is 0 Å². The van der Waals surface area contributed by atoms with Gasteiger partial charge in [-0.25, -0.2) is 4.98 Å². The summed E-state index contributed by atoms with van der Waals surface area (Å²) in [6.45, 7) is 0. The normalized spacial score (nSPS) is 19.8. The van der Waals surface area contributed by atoms with Crippen LogP contribution in [0.4, 0.5) is 0 Å². The summed E-state index contributed by atoms with van der Waals surface area (Å²) in [4.78, 5) is 18.8. The lowest BCUT2D eigenvalue weighted by Gasteiger charge is -1.89. The number of hydrogen-bond donors (Lipinski definition) is 1. The Morgan fingerprint density at radius 1 is 1.31 bits per heavy atom. The zero-order valence-corrected chi connectivity index (χ0v) is 7.99. The summed E-state index contributed by atoms with van der Waals surface area (Å²) >= 11 is 0. The monoisotopic (exact) mass is 198 g/mol. The van der Waals surface area contributed by atoms with Crippen molar-refractivity contribution in [3.8, 4) is 0 Å². The second-order valence-corrected chi connectivity index (χ2v) is 3.65. The smallest absolute Gasteiger partial charge is 0.183 e. The number of ketones is 1. The molecule has 3 nitrogen and oxygen atoms in total. The minimum absolute atomic E-state index is 0. The molecule has 1 fully saturated rings. The molecular weight excluding hydrogens is 188 g/mol. The molecule has 0 aromatic carbocycles. The molecule has 0 atom stereocenters. The van der Waals surface area contributed by atoms with Crippen LogP contribution in [0.25, 0.3) is 0 Å². The topological polar surface area (TPSA) is 45.8 Å². The molecular formula is C9H11ClN2O. The summed E-state index contributed by atoms with van der Waals surface area (Å²) in [6.07, 6.45) is 3.99. The molecule has 2 aliphatic carbocycles. The Kier molecular flexibility index (Phi) is 1.91. The van der Waals surface area contributed by atoms with Crippen LogP contribution < -0.4 is 0 Å². The van der Waals surface area contributed by atoms with Gasteiger partial charge in [-0.2, -0.15) is 0 Å².